The van der Waals surface area contributed by atoms with E-state index in [0.29, 0.717) is 0 Å². The molecule has 1 aromatic carbocycles. The minimum atomic E-state index is -1.17. The third-order valence-electron chi connectivity index (χ3n) is 4.32. The molecule has 2 aromatic heterocycles. The number of benzene rings is 1. The first-order valence-corrected chi connectivity index (χ1v) is 8.21. The molecule has 12 heteroatoms. The van der Waals surface area contributed by atoms with E-state index < -0.39 is 22.7 Å². The van der Waals surface area contributed by atoms with Gasteiger partial charge in [-0.15, -0.1) is 0 Å². The van der Waals surface area contributed by atoms with Gasteiger partial charge in [-0.25, -0.2) is 4.79 Å². The van der Waals surface area contributed by atoms with Gasteiger partial charge in [-0.3, -0.25) is 14.9 Å². The molecular weight excluding hydrogens is 384 g/mol. The number of hydrogen-bond donors (Lipinski definition) is 1. The van der Waals surface area contributed by atoms with Crippen molar-refractivity contribution in [2.45, 2.75) is 6.04 Å². The number of nitro groups is 1. The van der Waals surface area contributed by atoms with Gasteiger partial charge in [0.05, 0.1) is 29.4 Å². The summed E-state index contributed by atoms with van der Waals surface area (Å²) in [6.45, 7) is 0. The maximum absolute atomic E-state index is 13.2. The molecule has 1 aliphatic heterocycles. The fourth-order valence-corrected chi connectivity index (χ4v) is 3.10. The van der Waals surface area contributed by atoms with Gasteiger partial charge < -0.3 is 14.5 Å². The number of tetrazole rings is 1. The van der Waals surface area contributed by atoms with E-state index in [1.54, 1.807) is 6.07 Å². The van der Waals surface area contributed by atoms with Gasteiger partial charge in [-0.05, 0) is 28.6 Å². The summed E-state index contributed by atoms with van der Waals surface area (Å²) < 4.78 is 11.2. The van der Waals surface area contributed by atoms with Crippen LogP contribution in [0.2, 0.25) is 0 Å². The van der Waals surface area contributed by atoms with Gasteiger partial charge in [0.2, 0.25) is 11.7 Å². The number of Topliss-reactive ketones (excluding diaryl/α,β-unsaturated/α-hetero) is 1. The summed E-state index contributed by atoms with van der Waals surface area (Å²) in [6.07, 6.45) is 1.30. The predicted molar refractivity (Wildman–Crippen MR) is 94.8 cm³/mol. The molecule has 12 nitrogen and oxygen atoms in total. The zero-order chi connectivity index (χ0) is 20.5. The second-order valence-electron chi connectivity index (χ2n) is 5.88. The Hall–Kier alpha value is -4.35. The lowest BCUT2D eigenvalue weighted by molar-refractivity contribution is -0.385. The molecule has 0 amide bonds. The topological polar surface area (TPSA) is 155 Å². The van der Waals surface area contributed by atoms with Gasteiger partial charge in [0.25, 0.3) is 5.69 Å². The Labute approximate surface area is 161 Å². The molecule has 0 radical (unpaired) electrons. The maximum atomic E-state index is 13.2. The normalized spacial score (nSPS) is 15.4. The van der Waals surface area contributed by atoms with Crippen LogP contribution in [0.4, 0.5) is 11.6 Å². The van der Waals surface area contributed by atoms with E-state index in [-0.39, 0.29) is 34.2 Å². The third-order valence-corrected chi connectivity index (χ3v) is 4.32. The van der Waals surface area contributed by atoms with Crippen molar-refractivity contribution in [2.24, 2.45) is 0 Å². The quantitative estimate of drug-likeness (QED) is 0.290. The van der Waals surface area contributed by atoms with Crippen molar-refractivity contribution in [1.29, 1.82) is 0 Å². The summed E-state index contributed by atoms with van der Waals surface area (Å²) in [7, 11) is 1.14. The Morgan fingerprint density at radius 2 is 2.07 bits per heavy atom. The minimum absolute atomic E-state index is 0.0181. The van der Waals surface area contributed by atoms with E-state index >= 15 is 0 Å². The van der Waals surface area contributed by atoms with Gasteiger partial charge in [0.1, 0.15) is 11.7 Å². The average molecular weight is 396 g/mol. The number of nitrogens with zero attached hydrogens (tertiary/aromatic N) is 5. The molecule has 0 bridgehead atoms. The van der Waals surface area contributed by atoms with E-state index in [1.165, 1.54) is 41.3 Å². The van der Waals surface area contributed by atoms with Crippen LogP contribution in [0, 0.1) is 10.1 Å². The van der Waals surface area contributed by atoms with E-state index in [0.717, 1.165) is 7.11 Å². The number of allylic oxidation sites excluding steroid dienone is 1. The lowest BCUT2D eigenvalue weighted by Crippen LogP contribution is -2.33. The Morgan fingerprint density at radius 1 is 1.28 bits per heavy atom. The maximum Gasteiger partial charge on any atom is 0.355 e. The minimum Gasteiger partial charge on any atom is -0.464 e. The number of fused-ring (bicyclic) bond motifs is 1. The number of ketones is 1. The molecule has 4 rings (SSSR count). The first kappa shape index (κ1) is 18.0. The van der Waals surface area contributed by atoms with Crippen molar-refractivity contribution in [3.63, 3.8) is 0 Å². The largest absolute Gasteiger partial charge is 0.464 e. The Morgan fingerprint density at radius 3 is 2.76 bits per heavy atom. The monoisotopic (exact) mass is 396 g/mol. The molecule has 29 heavy (non-hydrogen) atoms. The van der Waals surface area contributed by atoms with Gasteiger partial charge >= 0.3 is 5.97 Å². The van der Waals surface area contributed by atoms with Crippen LogP contribution >= 0.6 is 0 Å². The van der Waals surface area contributed by atoms with Crippen LogP contribution in [-0.4, -0.2) is 44.0 Å². The van der Waals surface area contributed by atoms with Crippen LogP contribution < -0.4 is 5.32 Å². The lowest BCUT2D eigenvalue weighted by atomic mass is 9.90. The number of esters is 1. The standard InChI is InChI=1S/C17H12N6O6/c1-28-16(25)13-12(15(24)11-7-4-8-29-11)14(22-17(18-13)19-20-21-22)9-5-2-3-6-10(9)23(26)27/h2-8,14H,1H3,(H,18,19,21). The second kappa shape index (κ2) is 6.99. The highest BCUT2D eigenvalue weighted by atomic mass is 16.6. The van der Waals surface area contributed by atoms with Crippen LogP contribution in [0.5, 0.6) is 0 Å². The Balaban J connectivity index is 2.02. The number of rotatable bonds is 5. The second-order valence-corrected chi connectivity index (χ2v) is 5.88. The number of carbonyl (C=O) groups is 2. The molecule has 0 aliphatic carbocycles. The van der Waals surface area contributed by atoms with Crippen LogP contribution in [0.3, 0.4) is 0 Å². The molecule has 1 atom stereocenters. The average Bonchev–Trinajstić information content (AvgIpc) is 3.43. The summed E-state index contributed by atoms with van der Waals surface area (Å²) >= 11 is 0. The van der Waals surface area contributed by atoms with Crippen molar-refractivity contribution in [2.75, 3.05) is 12.4 Å². The highest BCUT2D eigenvalue weighted by molar-refractivity contribution is 6.13. The van der Waals surface area contributed by atoms with E-state index in [4.69, 9.17) is 9.15 Å². The van der Waals surface area contributed by atoms with E-state index in [1.807, 2.05) is 0 Å². The molecule has 0 spiro atoms. The molecule has 146 valence electrons. The summed E-state index contributed by atoms with van der Waals surface area (Å²) in [6, 6.07) is 7.55. The van der Waals surface area contributed by atoms with Crippen LogP contribution in [0.25, 0.3) is 0 Å². The summed E-state index contributed by atoms with van der Waals surface area (Å²) in [5, 5.41) is 25.4. The molecule has 3 heterocycles. The molecule has 1 N–H and O–H groups in total. The molecular formula is C17H12N6O6. The Bertz CT molecular complexity index is 1150. The van der Waals surface area contributed by atoms with Crippen LogP contribution in [-0.2, 0) is 9.53 Å². The van der Waals surface area contributed by atoms with Crippen molar-refractivity contribution >= 4 is 23.4 Å². The number of nitrogens with one attached hydrogen (secondary N) is 1. The Kier molecular flexibility index (Phi) is 4.35. The fraction of sp³-hybridized carbons (Fsp3) is 0.118. The lowest BCUT2D eigenvalue weighted by Gasteiger charge is -2.27. The highest BCUT2D eigenvalue weighted by Gasteiger charge is 2.41. The first-order chi connectivity index (χ1) is 14.0. The summed E-state index contributed by atoms with van der Waals surface area (Å²) in [5.41, 5.74) is -0.543. The van der Waals surface area contributed by atoms with Crippen molar-refractivity contribution in [3.8, 4) is 0 Å². The molecule has 0 saturated carbocycles. The van der Waals surface area contributed by atoms with E-state index in [2.05, 4.69) is 20.8 Å². The van der Waals surface area contributed by atoms with Gasteiger partial charge in [-0.2, -0.15) is 4.68 Å². The van der Waals surface area contributed by atoms with Crippen LogP contribution in [0.15, 0.2) is 58.3 Å². The predicted octanol–water partition coefficient (Wildman–Crippen LogP) is 1.50. The number of hydrogen-bond acceptors (Lipinski definition) is 10. The zero-order valence-corrected chi connectivity index (χ0v) is 14.8. The van der Waals surface area contributed by atoms with Gasteiger partial charge in [0.15, 0.2) is 5.76 Å². The third kappa shape index (κ3) is 2.92. The number of nitro benzene ring substituents is 1. The molecule has 1 unspecified atom stereocenters. The number of aromatic nitrogens is 4. The van der Waals surface area contributed by atoms with Gasteiger partial charge in [0, 0.05) is 6.07 Å². The SMILES string of the molecule is COC(=O)C1=C(C(=O)c2ccco2)C(c2ccccc2[N+](=O)[O-])n2nnnc2N1. The number of anilines is 1. The summed E-state index contributed by atoms with van der Waals surface area (Å²) in [5.74, 6) is -1.59. The van der Waals surface area contributed by atoms with E-state index in [9.17, 15) is 19.7 Å². The number of ether oxygens (including phenoxy) is 1. The number of carbonyl (C=O) groups excluding carboxylic acids is 2. The van der Waals surface area contributed by atoms with Gasteiger partial charge in [-0.1, -0.05) is 17.2 Å². The number of furan rings is 1. The molecule has 0 fully saturated rings. The molecule has 1 aliphatic rings. The summed E-state index contributed by atoms with van der Waals surface area (Å²) in [4.78, 5) is 36.7. The molecule has 0 saturated heterocycles. The fourth-order valence-electron chi connectivity index (χ4n) is 3.10. The zero-order valence-electron chi connectivity index (χ0n) is 14.8. The number of methoxy groups -OCH3 is 1. The molecule has 3 aromatic rings. The first-order valence-electron chi connectivity index (χ1n) is 8.21. The smallest absolute Gasteiger partial charge is 0.355 e. The highest BCUT2D eigenvalue weighted by Crippen LogP contribution is 2.39. The van der Waals surface area contributed by atoms with Crippen molar-refractivity contribution in [3.05, 3.63) is 75.4 Å². The van der Waals surface area contributed by atoms with Crippen molar-refractivity contribution in [1.82, 2.24) is 20.2 Å². The number of para-hydroxylation sites is 1. The van der Waals surface area contributed by atoms with Crippen LogP contribution in [0.1, 0.15) is 22.2 Å². The van der Waals surface area contributed by atoms with Crippen molar-refractivity contribution < 1.29 is 23.7 Å².